The molecule has 0 saturated heterocycles. The highest BCUT2D eigenvalue weighted by Gasteiger charge is 2.49. The molecule has 0 radical (unpaired) electrons. The Morgan fingerprint density at radius 3 is 2.65 bits per heavy atom. The van der Waals surface area contributed by atoms with Gasteiger partial charge in [0.15, 0.2) is 0 Å². The lowest BCUT2D eigenvalue weighted by molar-refractivity contribution is -0.123. The summed E-state index contributed by atoms with van der Waals surface area (Å²) < 4.78 is 0. The minimum Gasteiger partial charge on any atom is -0.350 e. The van der Waals surface area contributed by atoms with Crippen LogP contribution in [-0.2, 0) is 4.79 Å². The molecule has 0 aliphatic heterocycles. The molecule has 2 atom stereocenters. The van der Waals surface area contributed by atoms with Gasteiger partial charge in [-0.25, -0.2) is 0 Å². The van der Waals surface area contributed by atoms with Gasteiger partial charge in [0.25, 0.3) is 0 Å². The Morgan fingerprint density at radius 2 is 2.06 bits per heavy atom. The smallest absolute Gasteiger partial charge is 0.224 e. The van der Waals surface area contributed by atoms with Crippen LogP contribution >= 0.6 is 15.9 Å². The van der Waals surface area contributed by atoms with E-state index in [0.717, 1.165) is 24.6 Å². The van der Waals surface area contributed by atoms with Crippen LogP contribution in [0, 0.1) is 5.92 Å². The van der Waals surface area contributed by atoms with Crippen molar-refractivity contribution in [2.24, 2.45) is 5.92 Å². The Bertz CT molecular complexity index is 427. The number of alkyl halides is 1. The van der Waals surface area contributed by atoms with E-state index in [4.69, 9.17) is 0 Å². The van der Waals surface area contributed by atoms with Crippen LogP contribution in [-0.4, -0.2) is 16.8 Å². The lowest BCUT2D eigenvalue weighted by atomic mass is 10.1. The summed E-state index contributed by atoms with van der Waals surface area (Å²) in [7, 11) is 0. The Kier molecular flexibility index (Phi) is 2.74. The minimum absolute atomic E-state index is 0.0842. The van der Waals surface area contributed by atoms with Crippen molar-refractivity contribution >= 4 is 21.8 Å². The molecular weight excluding hydrogens is 278 g/mol. The van der Waals surface area contributed by atoms with Gasteiger partial charge in [-0.05, 0) is 30.7 Å². The van der Waals surface area contributed by atoms with E-state index in [2.05, 4.69) is 33.4 Å². The third-order valence-electron chi connectivity index (χ3n) is 3.85. The highest BCUT2D eigenvalue weighted by Crippen LogP contribution is 2.48. The average Bonchev–Trinajstić information content (AvgIpc) is 3.25. The van der Waals surface area contributed by atoms with Gasteiger partial charge in [-0.1, -0.05) is 46.3 Å². The van der Waals surface area contributed by atoms with E-state index in [-0.39, 0.29) is 17.4 Å². The number of carbonyl (C=O) groups excluding carboxylic acids is 1. The van der Waals surface area contributed by atoms with E-state index in [0.29, 0.717) is 5.92 Å². The third-order valence-corrected chi connectivity index (χ3v) is 4.93. The molecule has 0 spiro atoms. The van der Waals surface area contributed by atoms with Gasteiger partial charge < -0.3 is 5.32 Å². The van der Waals surface area contributed by atoms with Crippen LogP contribution in [0.1, 0.15) is 30.7 Å². The molecule has 2 unspecified atom stereocenters. The van der Waals surface area contributed by atoms with Crippen molar-refractivity contribution in [1.82, 2.24) is 5.32 Å². The molecule has 1 amide bonds. The molecule has 2 saturated carbocycles. The number of carbonyl (C=O) groups is 1. The van der Waals surface area contributed by atoms with Gasteiger partial charge in [0.2, 0.25) is 5.91 Å². The van der Waals surface area contributed by atoms with Crippen molar-refractivity contribution < 1.29 is 4.79 Å². The van der Waals surface area contributed by atoms with E-state index in [9.17, 15) is 4.79 Å². The predicted octanol–water partition coefficient (Wildman–Crippen LogP) is 2.83. The van der Waals surface area contributed by atoms with Crippen LogP contribution in [0.4, 0.5) is 0 Å². The molecular formula is C14H16BrNO. The van der Waals surface area contributed by atoms with Crippen molar-refractivity contribution in [2.45, 2.75) is 30.7 Å². The molecule has 90 valence electrons. The third kappa shape index (κ3) is 2.25. The number of rotatable bonds is 4. The van der Waals surface area contributed by atoms with Gasteiger partial charge in [-0.3, -0.25) is 4.79 Å². The lowest BCUT2D eigenvalue weighted by Gasteiger charge is -2.14. The summed E-state index contributed by atoms with van der Waals surface area (Å²) in [6.07, 6.45) is 3.24. The Hall–Kier alpha value is -0.830. The van der Waals surface area contributed by atoms with E-state index in [1.54, 1.807) is 0 Å². The maximum Gasteiger partial charge on any atom is 0.224 e. The molecule has 2 aliphatic rings. The van der Waals surface area contributed by atoms with Crippen molar-refractivity contribution in [3.05, 3.63) is 35.9 Å². The maximum absolute atomic E-state index is 12.1. The number of hydrogen-bond donors (Lipinski definition) is 1. The first-order valence-corrected chi connectivity index (χ1v) is 7.29. The molecule has 1 aromatic carbocycles. The second-order valence-corrected chi connectivity index (χ2v) is 5.82. The van der Waals surface area contributed by atoms with E-state index in [1.165, 1.54) is 5.56 Å². The van der Waals surface area contributed by atoms with Crippen molar-refractivity contribution in [2.75, 3.05) is 5.33 Å². The zero-order chi connectivity index (χ0) is 11.9. The van der Waals surface area contributed by atoms with Crippen LogP contribution in [0.5, 0.6) is 0 Å². The first-order valence-electron chi connectivity index (χ1n) is 6.17. The molecule has 2 aliphatic carbocycles. The first-order chi connectivity index (χ1) is 8.24. The number of hydrogen-bond acceptors (Lipinski definition) is 1. The number of nitrogens with one attached hydrogen (secondary N) is 1. The molecule has 2 nitrogen and oxygen atoms in total. The number of amides is 1. The number of benzene rings is 1. The summed E-state index contributed by atoms with van der Waals surface area (Å²) in [5, 5.41) is 4.08. The summed E-state index contributed by atoms with van der Waals surface area (Å²) in [6.45, 7) is 0. The highest BCUT2D eigenvalue weighted by molar-refractivity contribution is 9.09. The quantitative estimate of drug-likeness (QED) is 0.850. The predicted molar refractivity (Wildman–Crippen MR) is 71.2 cm³/mol. The van der Waals surface area contributed by atoms with Gasteiger partial charge in [0.1, 0.15) is 0 Å². The van der Waals surface area contributed by atoms with Crippen LogP contribution < -0.4 is 5.32 Å². The monoisotopic (exact) mass is 293 g/mol. The molecule has 1 N–H and O–H groups in total. The maximum atomic E-state index is 12.1. The lowest BCUT2D eigenvalue weighted by Crippen LogP contribution is -2.39. The molecule has 0 bridgehead atoms. The van der Waals surface area contributed by atoms with Gasteiger partial charge >= 0.3 is 0 Å². The molecule has 0 aromatic heterocycles. The second kappa shape index (κ2) is 4.13. The SMILES string of the molecule is O=C(NC1(CBr)CC1)C1CC1c1ccccc1. The van der Waals surface area contributed by atoms with E-state index < -0.39 is 0 Å². The van der Waals surface area contributed by atoms with Crippen LogP contribution in [0.3, 0.4) is 0 Å². The molecule has 1 aromatic rings. The summed E-state index contributed by atoms with van der Waals surface area (Å²) >= 11 is 3.48. The van der Waals surface area contributed by atoms with Gasteiger partial charge in [-0.2, -0.15) is 0 Å². The topological polar surface area (TPSA) is 29.1 Å². The fourth-order valence-electron chi connectivity index (χ4n) is 2.35. The fraction of sp³-hybridized carbons (Fsp3) is 0.500. The minimum atomic E-state index is 0.0842. The van der Waals surface area contributed by atoms with E-state index in [1.807, 2.05) is 18.2 Å². The highest BCUT2D eigenvalue weighted by atomic mass is 79.9. The molecule has 0 heterocycles. The van der Waals surface area contributed by atoms with Crippen LogP contribution in [0.15, 0.2) is 30.3 Å². The Labute approximate surface area is 110 Å². The molecule has 17 heavy (non-hydrogen) atoms. The fourth-order valence-corrected chi connectivity index (χ4v) is 3.05. The Balaban J connectivity index is 1.60. The van der Waals surface area contributed by atoms with Crippen molar-refractivity contribution in [1.29, 1.82) is 0 Å². The van der Waals surface area contributed by atoms with Crippen molar-refractivity contribution in [3.63, 3.8) is 0 Å². The first kappa shape index (κ1) is 11.3. The molecule has 3 heteroatoms. The Morgan fingerprint density at radius 1 is 1.35 bits per heavy atom. The second-order valence-electron chi connectivity index (χ2n) is 5.26. The summed E-state index contributed by atoms with van der Waals surface area (Å²) in [5.74, 6) is 0.895. The van der Waals surface area contributed by atoms with Crippen LogP contribution in [0.25, 0.3) is 0 Å². The zero-order valence-corrected chi connectivity index (χ0v) is 11.2. The zero-order valence-electron chi connectivity index (χ0n) is 9.66. The largest absolute Gasteiger partial charge is 0.350 e. The number of halogens is 1. The van der Waals surface area contributed by atoms with Crippen LogP contribution in [0.2, 0.25) is 0 Å². The van der Waals surface area contributed by atoms with E-state index >= 15 is 0 Å². The summed E-state index contributed by atoms with van der Waals surface area (Å²) in [5.41, 5.74) is 1.39. The standard InChI is InChI=1S/C14H16BrNO/c15-9-14(6-7-14)16-13(17)12-8-11(12)10-4-2-1-3-5-10/h1-5,11-12H,6-9H2,(H,16,17). The van der Waals surface area contributed by atoms with Gasteiger partial charge in [0, 0.05) is 16.8 Å². The average molecular weight is 294 g/mol. The van der Waals surface area contributed by atoms with Gasteiger partial charge in [0.05, 0.1) is 0 Å². The van der Waals surface area contributed by atoms with Gasteiger partial charge in [-0.15, -0.1) is 0 Å². The molecule has 3 rings (SSSR count). The summed E-state index contributed by atoms with van der Waals surface area (Å²) in [6, 6.07) is 10.3. The van der Waals surface area contributed by atoms with Crippen molar-refractivity contribution in [3.8, 4) is 0 Å². The summed E-state index contributed by atoms with van der Waals surface area (Å²) in [4.78, 5) is 12.1. The molecule has 2 fully saturated rings. The normalized spacial score (nSPS) is 28.5.